The average molecular weight is 683 g/mol. The second-order valence-electron chi connectivity index (χ2n) is 13.8. The molecule has 0 radical (unpaired) electrons. The van der Waals surface area contributed by atoms with E-state index in [0.717, 1.165) is 53.1 Å². The molecule has 8 heteroatoms. The quantitative estimate of drug-likeness (QED) is 0.0892. The van der Waals surface area contributed by atoms with Crippen LogP contribution in [-0.4, -0.2) is 101 Å². The minimum absolute atomic E-state index is 0.163. The van der Waals surface area contributed by atoms with E-state index in [1.807, 2.05) is 27.0 Å². The summed E-state index contributed by atoms with van der Waals surface area (Å²) in [7, 11) is 1.86. The Balaban J connectivity index is 0.000000860. The topological polar surface area (TPSA) is 69.9 Å². The van der Waals surface area contributed by atoms with E-state index in [4.69, 9.17) is 9.84 Å². The van der Waals surface area contributed by atoms with E-state index in [-0.39, 0.29) is 6.73 Å². The third-order valence-corrected chi connectivity index (χ3v) is 10.0. The van der Waals surface area contributed by atoms with Crippen molar-refractivity contribution in [3.05, 3.63) is 84.2 Å². The van der Waals surface area contributed by atoms with Crippen molar-refractivity contribution in [2.45, 2.75) is 73.1 Å². The first-order chi connectivity index (χ1) is 24.3. The summed E-state index contributed by atoms with van der Waals surface area (Å²) in [4.78, 5) is 7.12. The number of ether oxygens (including phenoxy) is 1. The smallest absolute Gasteiger partial charge is 0.168 e. The van der Waals surface area contributed by atoms with E-state index in [0.29, 0.717) is 6.61 Å². The van der Waals surface area contributed by atoms with E-state index >= 15 is 0 Å². The summed E-state index contributed by atoms with van der Waals surface area (Å²) in [6.07, 6.45) is 7.42. The number of para-hydroxylation sites is 1. The Hall–Kier alpha value is -3.56. The van der Waals surface area contributed by atoms with Crippen LogP contribution in [0.2, 0.25) is 0 Å². The van der Waals surface area contributed by atoms with Crippen LogP contribution >= 0.6 is 0 Å². The lowest BCUT2D eigenvalue weighted by Gasteiger charge is -2.35. The van der Waals surface area contributed by atoms with Gasteiger partial charge in [0.05, 0.1) is 19.0 Å². The van der Waals surface area contributed by atoms with Crippen LogP contribution in [0.25, 0.3) is 28.2 Å². The fraction of sp³-hybridized carbons (Fsp3) is 0.524. The number of hydrogen-bond donors (Lipinski definition) is 1. The van der Waals surface area contributed by atoms with Gasteiger partial charge in [0.2, 0.25) is 0 Å². The number of aromatic nitrogens is 3. The molecule has 1 saturated heterocycles. The molecule has 1 atom stereocenters. The van der Waals surface area contributed by atoms with Gasteiger partial charge in [-0.15, -0.1) is 10.2 Å². The van der Waals surface area contributed by atoms with Crippen molar-refractivity contribution in [2.24, 2.45) is 5.92 Å². The molecule has 0 spiro atoms. The molecule has 4 aromatic rings. The van der Waals surface area contributed by atoms with Gasteiger partial charge in [0.1, 0.15) is 11.6 Å². The van der Waals surface area contributed by atoms with Gasteiger partial charge in [-0.25, -0.2) is 0 Å². The molecule has 1 aliphatic rings. The van der Waals surface area contributed by atoms with Crippen molar-refractivity contribution < 1.29 is 9.84 Å². The van der Waals surface area contributed by atoms with Crippen molar-refractivity contribution in [3.63, 3.8) is 0 Å². The normalized spacial score (nSPS) is 14.4. The highest BCUT2D eigenvalue weighted by Crippen LogP contribution is 2.33. The molecule has 5 rings (SSSR count). The van der Waals surface area contributed by atoms with Crippen molar-refractivity contribution in [2.75, 3.05) is 66.2 Å². The van der Waals surface area contributed by atoms with Gasteiger partial charge in [0, 0.05) is 31.7 Å². The Bertz CT molecular complexity index is 1510. The first-order valence-corrected chi connectivity index (χ1v) is 18.9. The lowest BCUT2D eigenvalue weighted by Crippen LogP contribution is -2.46. The monoisotopic (exact) mass is 682 g/mol. The van der Waals surface area contributed by atoms with Crippen molar-refractivity contribution in [1.29, 1.82) is 0 Å². The van der Waals surface area contributed by atoms with Crippen LogP contribution in [0, 0.1) is 19.8 Å². The predicted molar refractivity (Wildman–Crippen MR) is 208 cm³/mol. The third kappa shape index (κ3) is 11.8. The molecule has 1 aliphatic heterocycles. The molecule has 1 N–H and O–H groups in total. The molecule has 1 unspecified atom stereocenters. The SMILES string of the molecule is CCC(C)CCN1CCN(CCCCCCOc2cccc(C)c2-n2c(C)nnc2-c2ccc(-c3ccccc3)cc2)CC1.CCN(C)CO. The van der Waals surface area contributed by atoms with E-state index < -0.39 is 0 Å². The standard InChI is InChI=1S/C38H51N5O.C4H11NO/c1-5-30(2)22-24-42-27-25-41(26-28-42)23-11-6-7-12-29-44-36-17-13-14-31(3)37(36)43-32(4)39-40-38(43)35-20-18-34(19-21-35)33-15-9-8-10-16-33;1-3-5(2)4-6/h8-10,13-21,30H,5-7,11-12,22-29H2,1-4H3;6H,3-4H2,1-2H3. The Morgan fingerprint density at radius 2 is 1.40 bits per heavy atom. The number of aryl methyl sites for hydroxylation is 2. The zero-order chi connectivity index (χ0) is 35.7. The molecule has 0 amide bonds. The molecule has 1 fully saturated rings. The largest absolute Gasteiger partial charge is 0.491 e. The summed E-state index contributed by atoms with van der Waals surface area (Å²) in [6, 6.07) is 25.3. The Morgan fingerprint density at radius 3 is 2.04 bits per heavy atom. The highest BCUT2D eigenvalue weighted by Gasteiger charge is 2.19. The first kappa shape index (κ1) is 39.2. The van der Waals surface area contributed by atoms with Crippen molar-refractivity contribution >= 4 is 0 Å². The van der Waals surface area contributed by atoms with E-state index in [9.17, 15) is 0 Å². The van der Waals surface area contributed by atoms with Gasteiger partial charge in [-0.05, 0) is 88.5 Å². The second kappa shape index (κ2) is 21.0. The van der Waals surface area contributed by atoms with Crippen LogP contribution < -0.4 is 4.74 Å². The molecule has 50 heavy (non-hydrogen) atoms. The molecule has 2 heterocycles. The van der Waals surface area contributed by atoms with E-state index in [1.54, 1.807) is 4.90 Å². The Labute approximate surface area is 302 Å². The van der Waals surface area contributed by atoms with Gasteiger partial charge in [-0.3, -0.25) is 9.47 Å². The first-order valence-electron chi connectivity index (χ1n) is 18.9. The summed E-state index contributed by atoms with van der Waals surface area (Å²) in [6.45, 7) is 20.0. The van der Waals surface area contributed by atoms with Crippen LogP contribution in [0.15, 0.2) is 72.8 Å². The maximum atomic E-state index is 8.26. The summed E-state index contributed by atoms with van der Waals surface area (Å²) in [5.41, 5.74) is 5.60. The summed E-state index contributed by atoms with van der Waals surface area (Å²) in [5, 5.41) is 17.3. The highest BCUT2D eigenvalue weighted by atomic mass is 16.5. The summed E-state index contributed by atoms with van der Waals surface area (Å²) >= 11 is 0. The molecular formula is C42H62N6O2. The van der Waals surface area contributed by atoms with Gasteiger partial charge in [-0.2, -0.15) is 0 Å². The lowest BCUT2D eigenvalue weighted by atomic mass is 10.0. The number of benzene rings is 3. The molecule has 272 valence electrons. The lowest BCUT2D eigenvalue weighted by molar-refractivity contribution is 0.125. The average Bonchev–Trinajstić information content (AvgIpc) is 3.54. The van der Waals surface area contributed by atoms with Gasteiger partial charge in [-0.1, -0.05) is 107 Å². The minimum Gasteiger partial charge on any atom is -0.491 e. The maximum absolute atomic E-state index is 8.26. The van der Waals surface area contributed by atoms with Gasteiger partial charge >= 0.3 is 0 Å². The van der Waals surface area contributed by atoms with Crippen molar-refractivity contribution in [1.82, 2.24) is 29.5 Å². The number of aliphatic hydroxyl groups excluding tert-OH is 1. The molecule has 0 aliphatic carbocycles. The highest BCUT2D eigenvalue weighted by molar-refractivity contribution is 5.69. The van der Waals surface area contributed by atoms with Crippen LogP contribution in [0.5, 0.6) is 5.75 Å². The Morgan fingerprint density at radius 1 is 0.760 bits per heavy atom. The molecule has 8 nitrogen and oxygen atoms in total. The number of unbranched alkanes of at least 4 members (excludes halogenated alkanes) is 3. The summed E-state index contributed by atoms with van der Waals surface area (Å²) in [5.74, 6) is 3.42. The van der Waals surface area contributed by atoms with Crippen molar-refractivity contribution in [3.8, 4) is 34.0 Å². The number of aliphatic hydroxyl groups is 1. The molecule has 3 aromatic carbocycles. The fourth-order valence-electron chi connectivity index (χ4n) is 6.21. The minimum atomic E-state index is 0.163. The zero-order valence-electron chi connectivity index (χ0n) is 31.7. The number of hydrogen-bond acceptors (Lipinski definition) is 7. The Kier molecular flexibility index (Phi) is 16.4. The van der Waals surface area contributed by atoms with E-state index in [1.165, 1.54) is 82.5 Å². The van der Waals surface area contributed by atoms with Gasteiger partial charge in [0.25, 0.3) is 0 Å². The number of piperazine rings is 1. The zero-order valence-corrected chi connectivity index (χ0v) is 31.7. The molecule has 1 aromatic heterocycles. The molecule has 0 saturated carbocycles. The summed E-state index contributed by atoms with van der Waals surface area (Å²) < 4.78 is 8.57. The molecule has 0 bridgehead atoms. The maximum Gasteiger partial charge on any atom is 0.168 e. The number of nitrogens with zero attached hydrogens (tertiary/aromatic N) is 6. The van der Waals surface area contributed by atoms with Crippen LogP contribution in [0.4, 0.5) is 0 Å². The van der Waals surface area contributed by atoms with E-state index in [2.05, 4.69) is 112 Å². The van der Waals surface area contributed by atoms with Gasteiger partial charge < -0.3 is 19.6 Å². The fourth-order valence-corrected chi connectivity index (χ4v) is 6.21. The van der Waals surface area contributed by atoms with Crippen LogP contribution in [0.1, 0.15) is 70.7 Å². The predicted octanol–water partition coefficient (Wildman–Crippen LogP) is 8.10. The van der Waals surface area contributed by atoms with Crippen LogP contribution in [-0.2, 0) is 0 Å². The number of rotatable bonds is 17. The van der Waals surface area contributed by atoms with Crippen LogP contribution in [0.3, 0.4) is 0 Å². The molecular weight excluding hydrogens is 621 g/mol. The van der Waals surface area contributed by atoms with Gasteiger partial charge in [0.15, 0.2) is 5.82 Å². The second-order valence-corrected chi connectivity index (χ2v) is 13.8. The third-order valence-electron chi connectivity index (χ3n) is 10.0.